The summed E-state index contributed by atoms with van der Waals surface area (Å²) in [5, 5.41) is 7.55. The predicted octanol–water partition coefficient (Wildman–Crippen LogP) is 1.97. The van der Waals surface area contributed by atoms with E-state index in [0.717, 1.165) is 31.2 Å². The molecule has 0 spiro atoms. The molecule has 2 fully saturated rings. The number of methoxy groups -OCH3 is 1. The van der Waals surface area contributed by atoms with Crippen molar-refractivity contribution in [1.82, 2.24) is 25.1 Å². The lowest BCUT2D eigenvalue weighted by molar-refractivity contribution is 0.107. The molecule has 1 aliphatic heterocycles. The standard InChI is InChI=1S/C15H21N5O/c1-21-12-6-13(15-17-14(18-19-15)11-2-3-11)20(9-12)8-10-4-5-16-7-10/h4-5,7,11-13,16H,2-3,6,8-9H2,1H3,(H,17,18,19)/t12-,13+/m1/s1. The molecule has 2 aliphatic rings. The minimum Gasteiger partial charge on any atom is -0.380 e. The lowest BCUT2D eigenvalue weighted by atomic mass is 10.2. The molecule has 2 atom stereocenters. The molecule has 112 valence electrons. The number of H-pyrrole nitrogens is 2. The van der Waals surface area contributed by atoms with E-state index in [0.29, 0.717) is 5.92 Å². The summed E-state index contributed by atoms with van der Waals surface area (Å²) in [5.74, 6) is 2.58. The predicted molar refractivity (Wildman–Crippen MR) is 77.7 cm³/mol. The van der Waals surface area contributed by atoms with Gasteiger partial charge in [0.15, 0.2) is 5.82 Å². The van der Waals surface area contributed by atoms with Crippen molar-refractivity contribution in [3.63, 3.8) is 0 Å². The third kappa shape index (κ3) is 2.61. The van der Waals surface area contributed by atoms with Crippen LogP contribution < -0.4 is 0 Å². The van der Waals surface area contributed by atoms with Gasteiger partial charge in [-0.1, -0.05) is 0 Å². The van der Waals surface area contributed by atoms with E-state index in [4.69, 9.17) is 9.72 Å². The Morgan fingerprint density at radius 3 is 3.05 bits per heavy atom. The Morgan fingerprint density at radius 1 is 1.43 bits per heavy atom. The van der Waals surface area contributed by atoms with Gasteiger partial charge < -0.3 is 9.72 Å². The van der Waals surface area contributed by atoms with E-state index in [1.54, 1.807) is 7.11 Å². The molecular weight excluding hydrogens is 266 g/mol. The molecule has 0 unspecified atom stereocenters. The van der Waals surface area contributed by atoms with Crippen molar-refractivity contribution >= 4 is 0 Å². The van der Waals surface area contributed by atoms with Crippen LogP contribution in [-0.2, 0) is 11.3 Å². The minimum atomic E-state index is 0.267. The van der Waals surface area contributed by atoms with Crippen molar-refractivity contribution in [2.75, 3.05) is 13.7 Å². The monoisotopic (exact) mass is 287 g/mol. The van der Waals surface area contributed by atoms with Crippen LogP contribution in [0.1, 0.15) is 48.4 Å². The van der Waals surface area contributed by atoms with Crippen molar-refractivity contribution in [3.8, 4) is 0 Å². The summed E-state index contributed by atoms with van der Waals surface area (Å²) < 4.78 is 5.57. The van der Waals surface area contributed by atoms with Crippen molar-refractivity contribution in [3.05, 3.63) is 35.7 Å². The fourth-order valence-corrected chi connectivity index (χ4v) is 3.14. The quantitative estimate of drug-likeness (QED) is 0.882. The zero-order valence-corrected chi connectivity index (χ0v) is 12.2. The van der Waals surface area contributed by atoms with Gasteiger partial charge >= 0.3 is 0 Å². The molecule has 0 radical (unpaired) electrons. The van der Waals surface area contributed by atoms with Gasteiger partial charge in [0.1, 0.15) is 5.82 Å². The van der Waals surface area contributed by atoms with Gasteiger partial charge in [-0.3, -0.25) is 10.00 Å². The van der Waals surface area contributed by atoms with Gasteiger partial charge in [-0.25, -0.2) is 4.98 Å². The topological polar surface area (TPSA) is 69.8 Å². The highest BCUT2D eigenvalue weighted by Gasteiger charge is 2.36. The lowest BCUT2D eigenvalue weighted by Crippen LogP contribution is -2.25. The van der Waals surface area contributed by atoms with Crippen LogP contribution in [0.5, 0.6) is 0 Å². The van der Waals surface area contributed by atoms with E-state index in [2.05, 4.69) is 26.1 Å². The Labute approximate surface area is 123 Å². The van der Waals surface area contributed by atoms with Gasteiger partial charge in [0.05, 0.1) is 12.1 Å². The molecule has 0 amide bonds. The number of likely N-dealkylation sites (tertiary alicyclic amines) is 1. The van der Waals surface area contributed by atoms with E-state index in [9.17, 15) is 0 Å². The number of ether oxygens (including phenoxy) is 1. The Kier molecular flexibility index (Phi) is 3.27. The molecule has 2 aromatic heterocycles. The largest absolute Gasteiger partial charge is 0.380 e. The fourth-order valence-electron chi connectivity index (χ4n) is 3.14. The van der Waals surface area contributed by atoms with Crippen LogP contribution in [0.25, 0.3) is 0 Å². The second-order valence-electron chi connectivity index (χ2n) is 6.11. The molecule has 2 N–H and O–H groups in total. The van der Waals surface area contributed by atoms with Crippen LogP contribution in [0.3, 0.4) is 0 Å². The summed E-state index contributed by atoms with van der Waals surface area (Å²) in [6.45, 7) is 1.85. The molecule has 21 heavy (non-hydrogen) atoms. The highest BCUT2D eigenvalue weighted by Crippen LogP contribution is 2.39. The van der Waals surface area contributed by atoms with Crippen LogP contribution in [0, 0.1) is 0 Å². The number of hydrogen-bond donors (Lipinski definition) is 2. The second-order valence-corrected chi connectivity index (χ2v) is 6.11. The first-order valence-corrected chi connectivity index (χ1v) is 7.64. The van der Waals surface area contributed by atoms with Crippen LogP contribution in [-0.4, -0.2) is 44.8 Å². The summed E-state index contributed by atoms with van der Waals surface area (Å²) >= 11 is 0. The van der Waals surface area contributed by atoms with E-state index in [1.165, 1.54) is 18.4 Å². The third-order valence-corrected chi connectivity index (χ3v) is 4.52. The first-order chi connectivity index (χ1) is 10.3. The molecule has 6 heteroatoms. The van der Waals surface area contributed by atoms with Crippen LogP contribution in [0.2, 0.25) is 0 Å². The lowest BCUT2D eigenvalue weighted by Gasteiger charge is -2.21. The SMILES string of the molecule is CO[C@@H]1C[C@@H](c2nc(C3CC3)n[nH]2)N(Cc2cc[nH]c2)C1. The molecular formula is C15H21N5O. The fraction of sp³-hybridized carbons (Fsp3) is 0.600. The number of nitrogens with one attached hydrogen (secondary N) is 2. The van der Waals surface area contributed by atoms with Gasteiger partial charge in [-0.15, -0.1) is 0 Å². The average molecular weight is 287 g/mol. The highest BCUT2D eigenvalue weighted by molar-refractivity contribution is 5.12. The number of aromatic nitrogens is 4. The Balaban J connectivity index is 1.54. The molecule has 6 nitrogen and oxygen atoms in total. The number of nitrogens with zero attached hydrogens (tertiary/aromatic N) is 3. The van der Waals surface area contributed by atoms with Crippen molar-refractivity contribution < 1.29 is 4.74 Å². The average Bonchev–Trinajstić information content (AvgIpc) is 2.95. The van der Waals surface area contributed by atoms with Crippen LogP contribution >= 0.6 is 0 Å². The molecule has 2 aromatic rings. The summed E-state index contributed by atoms with van der Waals surface area (Å²) in [7, 11) is 1.79. The van der Waals surface area contributed by atoms with Gasteiger partial charge in [-0.05, 0) is 30.9 Å². The Morgan fingerprint density at radius 2 is 2.33 bits per heavy atom. The van der Waals surface area contributed by atoms with Gasteiger partial charge in [0, 0.05) is 38.5 Å². The van der Waals surface area contributed by atoms with Crippen molar-refractivity contribution in [2.45, 2.75) is 43.9 Å². The first kappa shape index (κ1) is 13.0. The number of rotatable bonds is 5. The first-order valence-electron chi connectivity index (χ1n) is 7.64. The van der Waals surface area contributed by atoms with E-state index in [1.807, 2.05) is 12.4 Å². The van der Waals surface area contributed by atoms with E-state index < -0.39 is 0 Å². The maximum atomic E-state index is 5.57. The number of aromatic amines is 2. The van der Waals surface area contributed by atoms with Crippen LogP contribution in [0.4, 0.5) is 0 Å². The highest BCUT2D eigenvalue weighted by atomic mass is 16.5. The number of hydrogen-bond acceptors (Lipinski definition) is 4. The third-order valence-electron chi connectivity index (χ3n) is 4.52. The molecule has 1 saturated heterocycles. The van der Waals surface area contributed by atoms with Gasteiger partial charge in [0.25, 0.3) is 0 Å². The maximum absolute atomic E-state index is 5.57. The van der Waals surface area contributed by atoms with Gasteiger partial charge in [-0.2, -0.15) is 5.10 Å². The minimum absolute atomic E-state index is 0.267. The normalized spacial score (nSPS) is 26.5. The summed E-state index contributed by atoms with van der Waals surface area (Å²) in [6, 6.07) is 2.39. The molecule has 0 bridgehead atoms. The molecule has 3 heterocycles. The van der Waals surface area contributed by atoms with Crippen LogP contribution in [0.15, 0.2) is 18.5 Å². The van der Waals surface area contributed by atoms with E-state index >= 15 is 0 Å². The molecule has 4 rings (SSSR count). The Hall–Kier alpha value is -1.66. The molecule has 1 aliphatic carbocycles. The summed E-state index contributed by atoms with van der Waals surface area (Å²) in [5.41, 5.74) is 1.29. The zero-order valence-electron chi connectivity index (χ0n) is 12.2. The zero-order chi connectivity index (χ0) is 14.2. The van der Waals surface area contributed by atoms with Crippen molar-refractivity contribution in [1.29, 1.82) is 0 Å². The molecule has 0 aromatic carbocycles. The van der Waals surface area contributed by atoms with Gasteiger partial charge in [0.2, 0.25) is 0 Å². The summed E-state index contributed by atoms with van der Waals surface area (Å²) in [6.07, 6.45) is 7.72. The Bertz CT molecular complexity index is 589. The summed E-state index contributed by atoms with van der Waals surface area (Å²) in [4.78, 5) is 10.3. The van der Waals surface area contributed by atoms with Crippen molar-refractivity contribution in [2.24, 2.45) is 0 Å². The van der Waals surface area contributed by atoms with E-state index in [-0.39, 0.29) is 12.1 Å². The second kappa shape index (κ2) is 5.27. The maximum Gasteiger partial charge on any atom is 0.153 e. The molecule has 1 saturated carbocycles. The smallest absolute Gasteiger partial charge is 0.153 e.